The van der Waals surface area contributed by atoms with Gasteiger partial charge in [-0.15, -0.1) is 5.10 Å². The highest BCUT2D eigenvalue weighted by Crippen LogP contribution is 2.23. The van der Waals surface area contributed by atoms with E-state index in [1.54, 1.807) is 28.0 Å². The Bertz CT molecular complexity index is 694. The second-order valence-electron chi connectivity index (χ2n) is 5.99. The first-order chi connectivity index (χ1) is 11.5. The maximum Gasteiger partial charge on any atom is 0.260 e. The lowest BCUT2D eigenvalue weighted by Crippen LogP contribution is -2.53. The van der Waals surface area contributed by atoms with Crippen LogP contribution in [0.1, 0.15) is 12.8 Å². The number of halogens is 1. The third kappa shape index (κ3) is 4.08. The number of piperidine rings is 1. The van der Waals surface area contributed by atoms with Gasteiger partial charge in [-0.1, -0.05) is 11.3 Å². The molecule has 0 spiro atoms. The molecule has 1 aliphatic rings. The molecule has 3 rings (SSSR count). The molecular weight excluding hydrogens is 315 g/mol. The summed E-state index contributed by atoms with van der Waals surface area (Å²) in [5.41, 5.74) is -1.04. The molecule has 1 saturated heterocycles. The quantitative estimate of drug-likeness (QED) is 0.877. The van der Waals surface area contributed by atoms with E-state index in [0.717, 1.165) is 0 Å². The first-order valence-corrected chi connectivity index (χ1v) is 7.77. The number of amides is 1. The molecule has 1 aromatic carbocycles. The van der Waals surface area contributed by atoms with Crippen LogP contribution in [-0.4, -0.2) is 56.2 Å². The van der Waals surface area contributed by atoms with Gasteiger partial charge in [0.15, 0.2) is 6.61 Å². The van der Waals surface area contributed by atoms with Crippen molar-refractivity contribution in [2.24, 2.45) is 0 Å². The summed E-state index contributed by atoms with van der Waals surface area (Å²) in [5.74, 6) is -0.352. The number of likely N-dealkylation sites (tertiary alicyclic amines) is 1. The van der Waals surface area contributed by atoms with E-state index in [1.165, 1.54) is 18.2 Å². The minimum Gasteiger partial charge on any atom is -0.484 e. The zero-order chi connectivity index (χ0) is 17.0. The van der Waals surface area contributed by atoms with Crippen molar-refractivity contribution in [3.8, 4) is 5.75 Å². The van der Waals surface area contributed by atoms with Crippen LogP contribution < -0.4 is 4.74 Å². The molecule has 2 aromatic rings. The molecule has 7 nitrogen and oxygen atoms in total. The largest absolute Gasteiger partial charge is 0.484 e. The number of ether oxygens (including phenoxy) is 1. The predicted octanol–water partition coefficient (Wildman–Crippen LogP) is 0.850. The average molecular weight is 334 g/mol. The van der Waals surface area contributed by atoms with Crippen LogP contribution >= 0.6 is 0 Å². The fourth-order valence-electron chi connectivity index (χ4n) is 2.87. The van der Waals surface area contributed by atoms with Crippen molar-refractivity contribution in [3.05, 3.63) is 42.5 Å². The molecule has 2 heterocycles. The Morgan fingerprint density at radius 1 is 1.46 bits per heavy atom. The minimum atomic E-state index is -1.04. The smallest absolute Gasteiger partial charge is 0.260 e. The summed E-state index contributed by atoms with van der Waals surface area (Å²) in [4.78, 5) is 13.9. The Balaban J connectivity index is 1.56. The number of β-amino-alcohol motifs (C(OH)–C–C–N with tert-alkyl or cyclic N) is 1. The highest BCUT2D eigenvalue weighted by Gasteiger charge is 2.36. The lowest BCUT2D eigenvalue weighted by Gasteiger charge is -2.38. The van der Waals surface area contributed by atoms with Gasteiger partial charge in [0.2, 0.25) is 0 Å². The first kappa shape index (κ1) is 16.4. The van der Waals surface area contributed by atoms with E-state index in [2.05, 4.69) is 10.3 Å². The molecule has 24 heavy (non-hydrogen) atoms. The monoisotopic (exact) mass is 334 g/mol. The number of hydrogen-bond donors (Lipinski definition) is 1. The van der Waals surface area contributed by atoms with Crippen LogP contribution in [0.2, 0.25) is 0 Å². The van der Waals surface area contributed by atoms with Crippen molar-refractivity contribution in [2.45, 2.75) is 25.0 Å². The number of hydrogen-bond acceptors (Lipinski definition) is 5. The zero-order valence-corrected chi connectivity index (χ0v) is 13.1. The third-order valence-electron chi connectivity index (χ3n) is 3.99. The fourth-order valence-corrected chi connectivity index (χ4v) is 2.87. The van der Waals surface area contributed by atoms with E-state index >= 15 is 0 Å². The van der Waals surface area contributed by atoms with Crippen molar-refractivity contribution in [1.82, 2.24) is 19.9 Å². The lowest BCUT2D eigenvalue weighted by atomic mass is 9.93. The van der Waals surface area contributed by atoms with Gasteiger partial charge in [0.05, 0.1) is 19.3 Å². The minimum absolute atomic E-state index is 0.192. The standard InChI is InChI=1S/C16H19FN4O3/c17-13-3-1-4-14(9-13)24-10-15(22)20-7-2-5-16(23,11-20)12-21-8-6-18-19-21/h1,3-4,6,8-9,23H,2,5,7,10-12H2. The van der Waals surface area contributed by atoms with Gasteiger partial charge in [0, 0.05) is 18.8 Å². The molecule has 128 valence electrons. The van der Waals surface area contributed by atoms with Crippen LogP contribution in [0.25, 0.3) is 0 Å². The molecule has 1 amide bonds. The molecule has 1 fully saturated rings. The molecule has 0 bridgehead atoms. The highest BCUT2D eigenvalue weighted by atomic mass is 19.1. The molecule has 0 aliphatic carbocycles. The molecule has 1 aliphatic heterocycles. The maximum absolute atomic E-state index is 13.1. The number of carbonyl (C=O) groups is 1. The van der Waals surface area contributed by atoms with Crippen molar-refractivity contribution < 1.29 is 19.0 Å². The maximum atomic E-state index is 13.1. The van der Waals surface area contributed by atoms with Gasteiger partial charge in [-0.3, -0.25) is 4.79 Å². The fraction of sp³-hybridized carbons (Fsp3) is 0.438. The second-order valence-corrected chi connectivity index (χ2v) is 5.99. The van der Waals surface area contributed by atoms with Crippen LogP contribution in [0.5, 0.6) is 5.75 Å². The van der Waals surface area contributed by atoms with Crippen molar-refractivity contribution in [1.29, 1.82) is 0 Å². The molecule has 0 saturated carbocycles. The Morgan fingerprint density at radius 2 is 2.33 bits per heavy atom. The van der Waals surface area contributed by atoms with Crippen molar-refractivity contribution in [2.75, 3.05) is 19.7 Å². The molecule has 1 atom stereocenters. The van der Waals surface area contributed by atoms with E-state index in [4.69, 9.17) is 4.74 Å². The van der Waals surface area contributed by atoms with Gasteiger partial charge >= 0.3 is 0 Å². The van der Waals surface area contributed by atoms with Crippen LogP contribution in [-0.2, 0) is 11.3 Å². The Morgan fingerprint density at radius 3 is 3.08 bits per heavy atom. The van der Waals surface area contributed by atoms with Crippen molar-refractivity contribution >= 4 is 5.91 Å². The second kappa shape index (κ2) is 6.96. The number of nitrogens with zero attached hydrogens (tertiary/aromatic N) is 4. The predicted molar refractivity (Wildman–Crippen MR) is 82.7 cm³/mol. The van der Waals surface area contributed by atoms with E-state index in [0.29, 0.717) is 25.1 Å². The molecular formula is C16H19FN4O3. The Hall–Kier alpha value is -2.48. The van der Waals surface area contributed by atoms with Crippen LogP contribution in [0, 0.1) is 5.82 Å². The number of aromatic nitrogens is 3. The summed E-state index contributed by atoms with van der Waals surface area (Å²) >= 11 is 0. The molecule has 0 radical (unpaired) electrons. The number of aliphatic hydroxyl groups is 1. The summed E-state index contributed by atoms with van der Waals surface area (Å²) < 4.78 is 20.0. The normalized spacial score (nSPS) is 20.8. The van der Waals surface area contributed by atoms with E-state index in [-0.39, 0.29) is 25.6 Å². The number of carbonyl (C=O) groups excluding carboxylic acids is 1. The Kier molecular flexibility index (Phi) is 4.75. The van der Waals surface area contributed by atoms with E-state index in [1.807, 2.05) is 0 Å². The molecule has 1 unspecified atom stereocenters. The van der Waals surface area contributed by atoms with E-state index in [9.17, 15) is 14.3 Å². The van der Waals surface area contributed by atoms with Gasteiger partial charge in [-0.2, -0.15) is 0 Å². The lowest BCUT2D eigenvalue weighted by molar-refractivity contribution is -0.141. The van der Waals surface area contributed by atoms with Gasteiger partial charge in [-0.05, 0) is 25.0 Å². The Labute approximate surface area is 138 Å². The summed E-state index contributed by atoms with van der Waals surface area (Å²) in [6, 6.07) is 5.65. The summed E-state index contributed by atoms with van der Waals surface area (Å²) in [6.45, 7) is 0.855. The third-order valence-corrected chi connectivity index (χ3v) is 3.99. The van der Waals surface area contributed by atoms with Gasteiger partial charge in [0.1, 0.15) is 17.2 Å². The summed E-state index contributed by atoms with van der Waals surface area (Å²) in [5, 5.41) is 18.3. The topological polar surface area (TPSA) is 80.5 Å². The number of benzene rings is 1. The molecule has 1 aromatic heterocycles. The van der Waals surface area contributed by atoms with Crippen LogP contribution in [0.15, 0.2) is 36.7 Å². The first-order valence-electron chi connectivity index (χ1n) is 7.77. The summed E-state index contributed by atoms with van der Waals surface area (Å²) in [6.07, 6.45) is 4.49. The summed E-state index contributed by atoms with van der Waals surface area (Å²) in [7, 11) is 0. The van der Waals surface area contributed by atoms with Gasteiger partial charge < -0.3 is 14.7 Å². The molecule has 1 N–H and O–H groups in total. The van der Waals surface area contributed by atoms with Gasteiger partial charge in [-0.25, -0.2) is 9.07 Å². The van der Waals surface area contributed by atoms with Crippen LogP contribution in [0.3, 0.4) is 0 Å². The number of rotatable bonds is 5. The van der Waals surface area contributed by atoms with Crippen LogP contribution in [0.4, 0.5) is 4.39 Å². The molecule has 8 heteroatoms. The van der Waals surface area contributed by atoms with E-state index < -0.39 is 11.4 Å². The van der Waals surface area contributed by atoms with Gasteiger partial charge in [0.25, 0.3) is 5.91 Å². The average Bonchev–Trinajstić information content (AvgIpc) is 3.05. The van der Waals surface area contributed by atoms with Crippen molar-refractivity contribution in [3.63, 3.8) is 0 Å². The SMILES string of the molecule is O=C(COc1cccc(F)c1)N1CCCC(O)(Cn2ccnn2)C1. The highest BCUT2D eigenvalue weighted by molar-refractivity contribution is 5.78. The zero-order valence-electron chi connectivity index (χ0n) is 13.1.